The molecule has 0 heterocycles. The van der Waals surface area contributed by atoms with Crippen LogP contribution in [0, 0.1) is 0 Å². The summed E-state index contributed by atoms with van der Waals surface area (Å²) in [7, 11) is -4.52. The first-order valence-corrected chi connectivity index (χ1v) is 17.4. The molecule has 216 valence electrons. The van der Waals surface area contributed by atoms with Crippen LogP contribution in [0.2, 0.25) is 0 Å². The molecule has 5 heteroatoms. The van der Waals surface area contributed by atoms with Crippen molar-refractivity contribution in [3.63, 3.8) is 0 Å². The SMILES string of the molecule is CCCCCCCCCCCCc1cc(S(=O)(=O)[O-])c2ccccc2c1CCCCCCCCCCCC.[K+]. The molecule has 39 heavy (non-hydrogen) atoms. The second-order valence-corrected chi connectivity index (χ2v) is 12.7. The average molecular weight is 583 g/mol. The average Bonchev–Trinajstić information content (AvgIpc) is 2.90. The molecule has 0 aromatic heterocycles. The van der Waals surface area contributed by atoms with Gasteiger partial charge in [-0.05, 0) is 53.6 Å². The molecule has 0 atom stereocenters. The van der Waals surface area contributed by atoms with Gasteiger partial charge in [0.1, 0.15) is 10.1 Å². The fraction of sp³-hybridized carbons (Fsp3) is 0.706. The summed E-state index contributed by atoms with van der Waals surface area (Å²) in [4.78, 5) is -0.0398. The Balaban J connectivity index is 0.00000760. The van der Waals surface area contributed by atoms with E-state index in [1.54, 1.807) is 12.1 Å². The molecule has 0 saturated heterocycles. The predicted molar refractivity (Wildman–Crippen MR) is 163 cm³/mol. The number of unbranched alkanes of at least 4 members (excludes halogenated alkanes) is 18. The molecular formula is C34H55KO3S. The topological polar surface area (TPSA) is 57.2 Å². The van der Waals surface area contributed by atoms with E-state index in [1.807, 2.05) is 18.2 Å². The van der Waals surface area contributed by atoms with Crippen molar-refractivity contribution >= 4 is 20.9 Å². The molecular weight excluding hydrogens is 528 g/mol. The third-order valence-electron chi connectivity index (χ3n) is 8.06. The van der Waals surface area contributed by atoms with Crippen LogP contribution in [0.3, 0.4) is 0 Å². The van der Waals surface area contributed by atoms with Crippen LogP contribution >= 0.6 is 0 Å². The van der Waals surface area contributed by atoms with Crippen LogP contribution in [0.1, 0.15) is 153 Å². The molecule has 0 unspecified atom stereocenters. The Bertz CT molecular complexity index is 1000. The van der Waals surface area contributed by atoms with Gasteiger partial charge in [-0.3, -0.25) is 0 Å². The number of fused-ring (bicyclic) bond motifs is 1. The van der Waals surface area contributed by atoms with Crippen molar-refractivity contribution < 1.29 is 64.4 Å². The summed E-state index contributed by atoms with van der Waals surface area (Å²) in [5.41, 5.74) is 2.34. The first kappa shape index (κ1) is 37.3. The Morgan fingerprint density at radius 1 is 0.564 bits per heavy atom. The van der Waals surface area contributed by atoms with Gasteiger partial charge in [0.2, 0.25) is 0 Å². The summed E-state index contributed by atoms with van der Waals surface area (Å²) in [6, 6.07) is 9.33. The summed E-state index contributed by atoms with van der Waals surface area (Å²) in [6.07, 6.45) is 27.6. The van der Waals surface area contributed by atoms with Gasteiger partial charge in [0.15, 0.2) is 0 Å². The van der Waals surface area contributed by atoms with E-state index in [1.165, 1.54) is 121 Å². The maximum Gasteiger partial charge on any atom is 1.00 e. The number of aryl methyl sites for hydroxylation is 2. The molecule has 0 N–H and O–H groups in total. The molecule has 0 bridgehead atoms. The minimum atomic E-state index is -4.52. The summed E-state index contributed by atoms with van der Waals surface area (Å²) >= 11 is 0. The Morgan fingerprint density at radius 3 is 1.38 bits per heavy atom. The Kier molecular flexibility index (Phi) is 21.8. The van der Waals surface area contributed by atoms with Gasteiger partial charge < -0.3 is 4.55 Å². The van der Waals surface area contributed by atoms with Gasteiger partial charge in [0.05, 0.1) is 4.90 Å². The minimum Gasteiger partial charge on any atom is -0.744 e. The fourth-order valence-electron chi connectivity index (χ4n) is 5.77. The molecule has 3 nitrogen and oxygen atoms in total. The van der Waals surface area contributed by atoms with Crippen molar-refractivity contribution in [1.29, 1.82) is 0 Å². The van der Waals surface area contributed by atoms with Crippen molar-refractivity contribution in [3.05, 3.63) is 41.5 Å². The van der Waals surface area contributed by atoms with Gasteiger partial charge in [0.25, 0.3) is 0 Å². The van der Waals surface area contributed by atoms with Gasteiger partial charge in [0, 0.05) is 0 Å². The third-order valence-corrected chi connectivity index (χ3v) is 8.94. The summed E-state index contributed by atoms with van der Waals surface area (Å²) < 4.78 is 36.4. The minimum absolute atomic E-state index is 0. The first-order valence-electron chi connectivity index (χ1n) is 16.0. The van der Waals surface area contributed by atoms with E-state index in [4.69, 9.17) is 0 Å². The molecule has 0 fully saturated rings. The predicted octanol–water partition coefficient (Wildman–Crippen LogP) is 7.67. The van der Waals surface area contributed by atoms with Gasteiger partial charge in [-0.1, -0.05) is 154 Å². The summed E-state index contributed by atoms with van der Waals surface area (Å²) in [5, 5.41) is 1.55. The Morgan fingerprint density at radius 2 is 0.949 bits per heavy atom. The molecule has 2 rings (SSSR count). The van der Waals surface area contributed by atoms with Crippen LogP contribution < -0.4 is 51.4 Å². The van der Waals surface area contributed by atoms with Crippen LogP contribution in [0.4, 0.5) is 0 Å². The zero-order valence-electron chi connectivity index (χ0n) is 25.6. The molecule has 2 aromatic carbocycles. The molecule has 0 radical (unpaired) electrons. The molecule has 0 amide bonds. The van der Waals surface area contributed by atoms with Gasteiger partial charge >= 0.3 is 51.4 Å². The van der Waals surface area contributed by atoms with Crippen LogP contribution in [0.5, 0.6) is 0 Å². The number of hydrogen-bond acceptors (Lipinski definition) is 3. The molecule has 0 aliphatic heterocycles. The van der Waals surface area contributed by atoms with Crippen molar-refractivity contribution in [2.24, 2.45) is 0 Å². The quantitative estimate of drug-likeness (QED) is 0.0767. The summed E-state index contributed by atoms with van der Waals surface area (Å²) in [5.74, 6) is 0. The molecule has 0 saturated carbocycles. The number of benzene rings is 2. The zero-order valence-corrected chi connectivity index (χ0v) is 29.5. The van der Waals surface area contributed by atoms with E-state index >= 15 is 0 Å². The van der Waals surface area contributed by atoms with Crippen molar-refractivity contribution in [3.8, 4) is 0 Å². The molecule has 0 spiro atoms. The first-order chi connectivity index (χ1) is 18.5. The van der Waals surface area contributed by atoms with Gasteiger partial charge in [-0.15, -0.1) is 0 Å². The second-order valence-electron chi connectivity index (χ2n) is 11.4. The standard InChI is InChI=1S/C34H56O3S.K/c1-3-5-7-9-11-13-15-17-19-21-25-30-29-34(38(35,36)37)33-28-24-23-27-32(33)31(30)26-22-20-18-16-14-12-10-8-6-4-2;/h23-24,27-29H,3-22,25-26H2,1-2H3,(H,35,36,37);/q;+1/p-1. The van der Waals surface area contributed by atoms with Crippen LogP contribution in [0.15, 0.2) is 35.2 Å². The maximum atomic E-state index is 12.1. The van der Waals surface area contributed by atoms with E-state index in [2.05, 4.69) is 13.8 Å². The molecule has 0 aliphatic rings. The van der Waals surface area contributed by atoms with Gasteiger partial charge in [-0.25, -0.2) is 8.42 Å². The maximum absolute atomic E-state index is 12.1. The van der Waals surface area contributed by atoms with Crippen molar-refractivity contribution in [2.75, 3.05) is 0 Å². The molecule has 0 aliphatic carbocycles. The van der Waals surface area contributed by atoms with Crippen LogP contribution in [-0.2, 0) is 23.0 Å². The largest absolute Gasteiger partial charge is 1.00 e. The second kappa shape index (κ2) is 22.8. The normalized spacial score (nSPS) is 11.7. The number of hydrogen-bond donors (Lipinski definition) is 0. The van der Waals surface area contributed by atoms with E-state index < -0.39 is 10.1 Å². The van der Waals surface area contributed by atoms with Gasteiger partial charge in [-0.2, -0.15) is 0 Å². The summed E-state index contributed by atoms with van der Waals surface area (Å²) in [6.45, 7) is 4.52. The third kappa shape index (κ3) is 15.3. The van der Waals surface area contributed by atoms with E-state index in [9.17, 15) is 13.0 Å². The fourth-order valence-corrected chi connectivity index (χ4v) is 6.51. The Hall–Kier alpha value is 0.246. The number of rotatable bonds is 23. The zero-order chi connectivity index (χ0) is 27.5. The smallest absolute Gasteiger partial charge is 0.744 e. The molecule has 2 aromatic rings. The van der Waals surface area contributed by atoms with E-state index in [0.29, 0.717) is 5.39 Å². The van der Waals surface area contributed by atoms with Crippen molar-refractivity contribution in [2.45, 2.75) is 160 Å². The van der Waals surface area contributed by atoms with Crippen molar-refractivity contribution in [1.82, 2.24) is 0 Å². The monoisotopic (exact) mass is 582 g/mol. The van der Waals surface area contributed by atoms with E-state index in [0.717, 1.165) is 36.6 Å². The van der Waals surface area contributed by atoms with E-state index in [-0.39, 0.29) is 56.3 Å². The van der Waals surface area contributed by atoms with Crippen LogP contribution in [0.25, 0.3) is 10.8 Å². The van der Waals surface area contributed by atoms with Crippen LogP contribution in [-0.4, -0.2) is 13.0 Å². The Labute approximate surface area is 283 Å².